The minimum absolute atomic E-state index is 0.0759. The van der Waals surface area contributed by atoms with Crippen molar-refractivity contribution >= 4 is 21.4 Å². The lowest BCUT2D eigenvalue weighted by Gasteiger charge is -2.22. The highest BCUT2D eigenvalue weighted by Crippen LogP contribution is 2.17. The van der Waals surface area contributed by atoms with E-state index in [0.717, 1.165) is 0 Å². The van der Waals surface area contributed by atoms with E-state index in [4.69, 9.17) is 0 Å². The van der Waals surface area contributed by atoms with Gasteiger partial charge < -0.3 is 5.32 Å². The summed E-state index contributed by atoms with van der Waals surface area (Å²) in [7, 11) is -1.15. The van der Waals surface area contributed by atoms with Gasteiger partial charge in [-0.1, -0.05) is 0 Å². The molecule has 1 aromatic heterocycles. The Morgan fingerprint density at radius 3 is 2.68 bits per heavy atom. The molecule has 0 aromatic carbocycles. The highest BCUT2D eigenvalue weighted by Gasteiger charge is 2.31. The molecule has 2 rings (SSSR count). The number of amides is 1. The van der Waals surface area contributed by atoms with Crippen LogP contribution in [0.1, 0.15) is 27.2 Å². The zero-order valence-corrected chi connectivity index (χ0v) is 14.4. The molecule has 0 spiro atoms. The summed E-state index contributed by atoms with van der Waals surface area (Å²) < 4.78 is 24.7. The van der Waals surface area contributed by atoms with E-state index in [-0.39, 0.29) is 35.5 Å². The molecule has 1 saturated heterocycles. The number of rotatable bonds is 4. The summed E-state index contributed by atoms with van der Waals surface area (Å²) in [4.78, 5) is 13.9. The lowest BCUT2D eigenvalue weighted by molar-refractivity contribution is -0.117. The van der Waals surface area contributed by atoms with E-state index in [1.54, 1.807) is 29.0 Å². The Kier molecular flexibility index (Phi) is 4.62. The minimum atomic E-state index is -2.93. The van der Waals surface area contributed by atoms with Crippen LogP contribution in [-0.4, -0.2) is 60.1 Å². The Morgan fingerprint density at radius 2 is 2.18 bits per heavy atom. The number of likely N-dealkylation sites (N-methyl/N-ethyl adjacent to an activating group) is 1. The van der Waals surface area contributed by atoms with Crippen LogP contribution in [0, 0.1) is 0 Å². The third-order valence-corrected chi connectivity index (χ3v) is 5.53. The van der Waals surface area contributed by atoms with Crippen LogP contribution >= 0.6 is 0 Å². The number of hydrogen-bond donors (Lipinski definition) is 1. The average Bonchev–Trinajstić information content (AvgIpc) is 2.94. The quantitative estimate of drug-likeness (QED) is 0.879. The molecule has 1 aliphatic heterocycles. The number of anilines is 1. The molecule has 1 atom stereocenters. The van der Waals surface area contributed by atoms with Gasteiger partial charge in [-0.25, -0.2) is 8.42 Å². The van der Waals surface area contributed by atoms with Crippen molar-refractivity contribution in [1.29, 1.82) is 0 Å². The summed E-state index contributed by atoms with van der Waals surface area (Å²) in [6.45, 7) is 6.25. The van der Waals surface area contributed by atoms with E-state index in [1.807, 2.05) is 20.8 Å². The molecule has 8 heteroatoms. The van der Waals surface area contributed by atoms with Crippen molar-refractivity contribution < 1.29 is 13.2 Å². The van der Waals surface area contributed by atoms with Gasteiger partial charge in [-0.15, -0.1) is 0 Å². The largest absolute Gasteiger partial charge is 0.322 e. The van der Waals surface area contributed by atoms with Gasteiger partial charge in [-0.2, -0.15) is 5.10 Å². The number of carbonyl (C=O) groups is 1. The third-order valence-electron chi connectivity index (χ3n) is 3.78. The number of hydrogen-bond acceptors (Lipinski definition) is 5. The summed E-state index contributed by atoms with van der Waals surface area (Å²) in [6, 6.07) is -0.0759. The molecule has 1 aliphatic rings. The Balaban J connectivity index is 1.89. The van der Waals surface area contributed by atoms with Crippen LogP contribution in [0.25, 0.3) is 0 Å². The summed E-state index contributed by atoms with van der Waals surface area (Å²) in [5, 5.41) is 7.02. The van der Waals surface area contributed by atoms with Crippen LogP contribution in [0.15, 0.2) is 12.4 Å². The maximum atomic E-state index is 12.1. The molecule has 0 saturated carbocycles. The van der Waals surface area contributed by atoms with Gasteiger partial charge in [0.1, 0.15) is 0 Å². The maximum absolute atomic E-state index is 12.1. The van der Waals surface area contributed by atoms with Crippen molar-refractivity contribution in [2.24, 2.45) is 0 Å². The lowest BCUT2D eigenvalue weighted by Crippen LogP contribution is -2.38. The van der Waals surface area contributed by atoms with Crippen molar-refractivity contribution in [3.63, 3.8) is 0 Å². The maximum Gasteiger partial charge on any atom is 0.238 e. The Labute approximate surface area is 131 Å². The number of aromatic nitrogens is 2. The molecule has 7 nitrogen and oxygen atoms in total. The van der Waals surface area contributed by atoms with E-state index in [9.17, 15) is 13.2 Å². The Bertz CT molecular complexity index is 645. The second-order valence-electron chi connectivity index (χ2n) is 6.86. The van der Waals surface area contributed by atoms with Gasteiger partial charge >= 0.3 is 0 Å². The van der Waals surface area contributed by atoms with E-state index in [0.29, 0.717) is 12.1 Å². The normalized spacial score (nSPS) is 21.2. The van der Waals surface area contributed by atoms with Crippen LogP contribution < -0.4 is 5.32 Å². The van der Waals surface area contributed by atoms with Crippen molar-refractivity contribution in [2.75, 3.05) is 30.4 Å². The number of nitrogens with zero attached hydrogens (tertiary/aromatic N) is 3. The summed E-state index contributed by atoms with van der Waals surface area (Å²) in [5.41, 5.74) is 0.505. The van der Waals surface area contributed by atoms with Crippen molar-refractivity contribution in [3.8, 4) is 0 Å². The first-order chi connectivity index (χ1) is 10.1. The second kappa shape index (κ2) is 6.00. The highest BCUT2D eigenvalue weighted by atomic mass is 32.2. The molecule has 0 bridgehead atoms. The number of sulfone groups is 1. The monoisotopic (exact) mass is 328 g/mol. The zero-order chi connectivity index (χ0) is 16.5. The van der Waals surface area contributed by atoms with Crippen LogP contribution in [0.4, 0.5) is 5.69 Å². The molecule has 22 heavy (non-hydrogen) atoms. The molecular weight excluding hydrogens is 304 g/mol. The fraction of sp³-hybridized carbons (Fsp3) is 0.714. The fourth-order valence-electron chi connectivity index (χ4n) is 2.43. The standard InChI is InChI=1S/C14H24N4O3S/c1-14(2,3)18-8-11(7-15-18)16-13(19)9-17(4)12-5-6-22(20,21)10-12/h7-8,12H,5-6,9-10H2,1-4H3,(H,16,19). The highest BCUT2D eigenvalue weighted by molar-refractivity contribution is 7.91. The van der Waals surface area contributed by atoms with E-state index in [1.165, 1.54) is 0 Å². The van der Waals surface area contributed by atoms with Gasteiger partial charge in [-0.05, 0) is 34.2 Å². The van der Waals surface area contributed by atoms with Gasteiger partial charge in [0.25, 0.3) is 0 Å². The van der Waals surface area contributed by atoms with Gasteiger partial charge in [0.2, 0.25) is 5.91 Å². The molecule has 1 fully saturated rings. The second-order valence-corrected chi connectivity index (χ2v) is 9.09. The fourth-order valence-corrected chi connectivity index (χ4v) is 4.24. The van der Waals surface area contributed by atoms with Crippen LogP contribution in [0.5, 0.6) is 0 Å². The van der Waals surface area contributed by atoms with Crippen molar-refractivity contribution in [2.45, 2.75) is 38.8 Å². The van der Waals surface area contributed by atoms with Gasteiger partial charge in [0.15, 0.2) is 9.84 Å². The molecule has 1 aromatic rings. The SMILES string of the molecule is CN(CC(=O)Nc1cnn(C(C)(C)C)c1)C1CCS(=O)(=O)C1. The van der Waals surface area contributed by atoms with Crippen LogP contribution in [-0.2, 0) is 20.2 Å². The number of carbonyl (C=O) groups excluding carboxylic acids is 1. The molecular formula is C14H24N4O3S. The summed E-state index contributed by atoms with van der Waals surface area (Å²) >= 11 is 0. The van der Waals surface area contributed by atoms with Gasteiger partial charge in [-0.3, -0.25) is 14.4 Å². The molecule has 1 unspecified atom stereocenters. The molecule has 2 heterocycles. The minimum Gasteiger partial charge on any atom is -0.322 e. The van der Waals surface area contributed by atoms with E-state index >= 15 is 0 Å². The van der Waals surface area contributed by atoms with Crippen molar-refractivity contribution in [1.82, 2.24) is 14.7 Å². The smallest absolute Gasteiger partial charge is 0.238 e. The number of nitrogens with one attached hydrogen (secondary N) is 1. The van der Waals surface area contributed by atoms with Gasteiger partial charge in [0.05, 0.1) is 35.5 Å². The third kappa shape index (κ3) is 4.30. The molecule has 1 N–H and O–H groups in total. The first-order valence-electron chi connectivity index (χ1n) is 7.32. The summed E-state index contributed by atoms with van der Waals surface area (Å²) in [6.07, 6.45) is 4.00. The predicted molar refractivity (Wildman–Crippen MR) is 85.5 cm³/mol. The zero-order valence-electron chi connectivity index (χ0n) is 13.5. The Morgan fingerprint density at radius 1 is 1.50 bits per heavy atom. The van der Waals surface area contributed by atoms with Crippen molar-refractivity contribution in [3.05, 3.63) is 12.4 Å². The average molecular weight is 328 g/mol. The molecule has 0 radical (unpaired) electrons. The van der Waals surface area contributed by atoms with Crippen LogP contribution in [0.2, 0.25) is 0 Å². The molecule has 1 amide bonds. The molecule has 124 valence electrons. The predicted octanol–water partition coefficient (Wildman–Crippen LogP) is 0.695. The Hall–Kier alpha value is -1.41. The van der Waals surface area contributed by atoms with E-state index < -0.39 is 9.84 Å². The first kappa shape index (κ1) is 17.0. The molecule has 0 aliphatic carbocycles. The first-order valence-corrected chi connectivity index (χ1v) is 9.15. The van der Waals surface area contributed by atoms with E-state index in [2.05, 4.69) is 10.4 Å². The van der Waals surface area contributed by atoms with Crippen LogP contribution in [0.3, 0.4) is 0 Å². The summed E-state index contributed by atoms with van der Waals surface area (Å²) in [5.74, 6) is 0.182. The van der Waals surface area contributed by atoms with Gasteiger partial charge in [0, 0.05) is 12.2 Å². The topological polar surface area (TPSA) is 84.3 Å². The lowest BCUT2D eigenvalue weighted by atomic mass is 10.1.